The smallest absolute Gasteiger partial charge is 0.236 e. The van der Waals surface area contributed by atoms with Crippen LogP contribution in [0.5, 0.6) is 0 Å². The second-order valence-electron chi connectivity index (χ2n) is 6.15. The summed E-state index contributed by atoms with van der Waals surface area (Å²) in [4.78, 5) is 19.1. The summed E-state index contributed by atoms with van der Waals surface area (Å²) in [5, 5.41) is 3.29. The number of nitrogens with one attached hydrogen (secondary N) is 1. The molecule has 3 aliphatic rings. The second-order valence-corrected chi connectivity index (χ2v) is 6.15. The van der Waals surface area contributed by atoms with Crippen molar-refractivity contribution in [1.29, 1.82) is 0 Å². The maximum atomic E-state index is 12.2. The van der Waals surface area contributed by atoms with Crippen molar-refractivity contribution >= 4 is 5.91 Å². The minimum atomic E-state index is 0.317. The van der Waals surface area contributed by atoms with Gasteiger partial charge < -0.3 is 15.1 Å². The summed E-state index contributed by atoms with van der Waals surface area (Å²) >= 11 is 0. The van der Waals surface area contributed by atoms with Gasteiger partial charge in [0.2, 0.25) is 5.91 Å². The zero-order valence-corrected chi connectivity index (χ0v) is 11.8. The van der Waals surface area contributed by atoms with Gasteiger partial charge >= 0.3 is 0 Å². The van der Waals surface area contributed by atoms with E-state index >= 15 is 0 Å². The van der Waals surface area contributed by atoms with E-state index in [9.17, 15) is 4.79 Å². The van der Waals surface area contributed by atoms with Crippen LogP contribution in [-0.4, -0.2) is 86.1 Å². The van der Waals surface area contributed by atoms with Gasteiger partial charge in [0.1, 0.15) is 0 Å². The quantitative estimate of drug-likeness (QED) is 0.741. The Morgan fingerprint density at radius 1 is 0.947 bits per heavy atom. The molecule has 2 aliphatic heterocycles. The molecule has 1 aliphatic carbocycles. The van der Waals surface area contributed by atoms with E-state index in [4.69, 9.17) is 0 Å². The predicted molar refractivity (Wildman–Crippen MR) is 75.1 cm³/mol. The van der Waals surface area contributed by atoms with Crippen LogP contribution >= 0.6 is 0 Å². The fraction of sp³-hybridized carbons (Fsp3) is 0.929. The SMILES string of the molecule is O=C(CN1CCN(CC2CC2)CC1)N1CCNCC1. The highest BCUT2D eigenvalue weighted by molar-refractivity contribution is 5.78. The van der Waals surface area contributed by atoms with Crippen LogP contribution in [0.2, 0.25) is 0 Å². The summed E-state index contributed by atoms with van der Waals surface area (Å²) in [6, 6.07) is 0. The third-order valence-corrected chi connectivity index (χ3v) is 4.51. The maximum Gasteiger partial charge on any atom is 0.236 e. The molecule has 108 valence electrons. The number of nitrogens with zero attached hydrogens (tertiary/aromatic N) is 3. The number of carbonyl (C=O) groups is 1. The molecular formula is C14H26N4O. The lowest BCUT2D eigenvalue weighted by Gasteiger charge is -2.36. The van der Waals surface area contributed by atoms with Crippen molar-refractivity contribution in [3.05, 3.63) is 0 Å². The van der Waals surface area contributed by atoms with Crippen LogP contribution in [0.1, 0.15) is 12.8 Å². The van der Waals surface area contributed by atoms with Gasteiger partial charge in [-0.05, 0) is 18.8 Å². The molecule has 0 spiro atoms. The maximum absolute atomic E-state index is 12.2. The zero-order valence-electron chi connectivity index (χ0n) is 11.8. The van der Waals surface area contributed by atoms with Gasteiger partial charge in [0, 0.05) is 58.9 Å². The first kappa shape index (κ1) is 13.3. The first-order valence-corrected chi connectivity index (χ1v) is 7.74. The second kappa shape index (κ2) is 6.20. The van der Waals surface area contributed by atoms with Crippen LogP contribution in [-0.2, 0) is 4.79 Å². The average molecular weight is 266 g/mol. The highest BCUT2D eigenvalue weighted by Gasteiger charge is 2.27. The third-order valence-electron chi connectivity index (χ3n) is 4.51. The van der Waals surface area contributed by atoms with Crippen molar-refractivity contribution in [2.75, 3.05) is 65.4 Å². The van der Waals surface area contributed by atoms with E-state index in [1.165, 1.54) is 19.4 Å². The molecule has 2 saturated heterocycles. The van der Waals surface area contributed by atoms with E-state index in [2.05, 4.69) is 15.1 Å². The first-order valence-electron chi connectivity index (χ1n) is 7.74. The fourth-order valence-electron chi connectivity index (χ4n) is 3.00. The lowest BCUT2D eigenvalue weighted by Crippen LogP contribution is -2.53. The van der Waals surface area contributed by atoms with Gasteiger partial charge in [-0.2, -0.15) is 0 Å². The largest absolute Gasteiger partial charge is 0.339 e. The lowest BCUT2D eigenvalue weighted by atomic mass is 10.2. The molecule has 0 aromatic heterocycles. The van der Waals surface area contributed by atoms with E-state index in [-0.39, 0.29) is 0 Å². The van der Waals surface area contributed by atoms with Gasteiger partial charge in [-0.3, -0.25) is 9.69 Å². The fourth-order valence-corrected chi connectivity index (χ4v) is 3.00. The van der Waals surface area contributed by atoms with Gasteiger partial charge in [-0.25, -0.2) is 0 Å². The van der Waals surface area contributed by atoms with E-state index in [1.54, 1.807) is 0 Å². The first-order chi connectivity index (χ1) is 9.31. The molecule has 1 amide bonds. The number of rotatable bonds is 4. The molecule has 5 nitrogen and oxygen atoms in total. The Morgan fingerprint density at radius 2 is 1.58 bits per heavy atom. The predicted octanol–water partition coefficient (Wildman–Crippen LogP) is -0.554. The number of hydrogen-bond acceptors (Lipinski definition) is 4. The number of piperazine rings is 2. The normalized spacial score (nSPS) is 26.6. The van der Waals surface area contributed by atoms with Crippen LogP contribution < -0.4 is 5.32 Å². The van der Waals surface area contributed by atoms with Gasteiger partial charge in [0.05, 0.1) is 6.54 Å². The van der Waals surface area contributed by atoms with E-state index in [1.807, 2.05) is 4.90 Å². The summed E-state index contributed by atoms with van der Waals surface area (Å²) < 4.78 is 0. The van der Waals surface area contributed by atoms with Gasteiger partial charge in [-0.15, -0.1) is 0 Å². The minimum absolute atomic E-state index is 0.317. The number of carbonyl (C=O) groups excluding carboxylic acids is 1. The van der Waals surface area contributed by atoms with Crippen molar-refractivity contribution in [3.63, 3.8) is 0 Å². The average Bonchev–Trinajstić information content (AvgIpc) is 3.26. The van der Waals surface area contributed by atoms with Crippen LogP contribution in [0.15, 0.2) is 0 Å². The number of hydrogen-bond donors (Lipinski definition) is 1. The van der Waals surface area contributed by atoms with Crippen LogP contribution in [0.25, 0.3) is 0 Å². The molecule has 3 rings (SSSR count). The monoisotopic (exact) mass is 266 g/mol. The molecule has 0 radical (unpaired) electrons. The zero-order chi connectivity index (χ0) is 13.1. The molecule has 5 heteroatoms. The Morgan fingerprint density at radius 3 is 2.21 bits per heavy atom. The van der Waals surface area contributed by atoms with E-state index in [0.29, 0.717) is 12.5 Å². The van der Waals surface area contributed by atoms with E-state index in [0.717, 1.165) is 58.3 Å². The van der Waals surface area contributed by atoms with Crippen molar-refractivity contribution < 1.29 is 4.79 Å². The van der Waals surface area contributed by atoms with Crippen molar-refractivity contribution in [2.45, 2.75) is 12.8 Å². The summed E-state index contributed by atoms with van der Waals surface area (Å²) in [5.41, 5.74) is 0. The van der Waals surface area contributed by atoms with Gasteiger partial charge in [0.25, 0.3) is 0 Å². The standard InChI is InChI=1S/C14H26N4O/c19-14(18-5-3-15-4-6-18)12-17-9-7-16(8-10-17)11-13-1-2-13/h13,15H,1-12H2. The van der Waals surface area contributed by atoms with Crippen LogP contribution in [0, 0.1) is 5.92 Å². The topological polar surface area (TPSA) is 38.8 Å². The summed E-state index contributed by atoms with van der Waals surface area (Å²) in [6.45, 7) is 9.96. The molecule has 1 N–H and O–H groups in total. The van der Waals surface area contributed by atoms with Crippen molar-refractivity contribution in [3.8, 4) is 0 Å². The van der Waals surface area contributed by atoms with Crippen molar-refractivity contribution in [1.82, 2.24) is 20.0 Å². The minimum Gasteiger partial charge on any atom is -0.339 e. The Balaban J connectivity index is 1.37. The van der Waals surface area contributed by atoms with Gasteiger partial charge in [-0.1, -0.05) is 0 Å². The Kier molecular flexibility index (Phi) is 4.35. The Hall–Kier alpha value is -0.650. The molecule has 1 saturated carbocycles. The van der Waals surface area contributed by atoms with Crippen LogP contribution in [0.3, 0.4) is 0 Å². The van der Waals surface area contributed by atoms with Gasteiger partial charge in [0.15, 0.2) is 0 Å². The summed E-state index contributed by atoms with van der Waals surface area (Å²) in [7, 11) is 0. The Labute approximate surface area is 115 Å². The molecule has 0 aromatic carbocycles. The van der Waals surface area contributed by atoms with Crippen molar-refractivity contribution in [2.24, 2.45) is 5.92 Å². The van der Waals surface area contributed by atoms with E-state index < -0.39 is 0 Å². The molecule has 0 aromatic rings. The third kappa shape index (κ3) is 3.91. The summed E-state index contributed by atoms with van der Waals surface area (Å²) in [6.07, 6.45) is 2.86. The number of amides is 1. The summed E-state index contributed by atoms with van der Waals surface area (Å²) in [5.74, 6) is 1.30. The molecule has 3 fully saturated rings. The van der Waals surface area contributed by atoms with Crippen LogP contribution in [0.4, 0.5) is 0 Å². The lowest BCUT2D eigenvalue weighted by molar-refractivity contribution is -0.133. The molecule has 0 atom stereocenters. The molecule has 0 bridgehead atoms. The molecular weight excluding hydrogens is 240 g/mol. The Bertz CT molecular complexity index is 305. The molecule has 0 unspecified atom stereocenters. The molecule has 2 heterocycles. The molecule has 19 heavy (non-hydrogen) atoms. The highest BCUT2D eigenvalue weighted by Crippen LogP contribution is 2.29. The highest BCUT2D eigenvalue weighted by atomic mass is 16.2.